The molecule has 1 heteroatoms. The number of hydrogen-bond donors (Lipinski definition) is 0. The second-order valence-corrected chi connectivity index (χ2v) is 2.92. The molecule has 0 N–H and O–H groups in total. The molecule has 0 amide bonds. The molecule has 0 aromatic heterocycles. The zero-order valence-corrected chi connectivity index (χ0v) is 8.97. The van der Waals surface area contributed by atoms with E-state index in [9.17, 15) is 0 Å². The van der Waals surface area contributed by atoms with E-state index in [-0.39, 0.29) is 21.7 Å². The predicted octanol–water partition coefficient (Wildman–Crippen LogP) is 3.25. The van der Waals surface area contributed by atoms with Gasteiger partial charge in [0.1, 0.15) is 0 Å². The standard InChI is InChI=1S/C10H15.Ti/c1-3-4-5-10-7-6-9(2)8-10;/h6H,3-5,7H2,1-2H3;/q-1;. The van der Waals surface area contributed by atoms with E-state index in [1.54, 1.807) is 0 Å². The van der Waals surface area contributed by atoms with Gasteiger partial charge in [-0.05, 0) is 0 Å². The van der Waals surface area contributed by atoms with Gasteiger partial charge in [0.25, 0.3) is 0 Å². The maximum Gasteiger partial charge on any atom is 0 e. The van der Waals surface area contributed by atoms with E-state index in [4.69, 9.17) is 0 Å². The van der Waals surface area contributed by atoms with Crippen molar-refractivity contribution >= 4 is 0 Å². The average molecular weight is 183 g/mol. The fourth-order valence-corrected chi connectivity index (χ4v) is 1.21. The Balaban J connectivity index is 0.000001000. The molecule has 0 spiro atoms. The molecule has 11 heavy (non-hydrogen) atoms. The first kappa shape index (κ1) is 11.2. The summed E-state index contributed by atoms with van der Waals surface area (Å²) >= 11 is 0. The Labute approximate surface area is 84.6 Å². The second-order valence-electron chi connectivity index (χ2n) is 2.92. The minimum atomic E-state index is 0. The predicted molar refractivity (Wildman–Crippen MR) is 44.7 cm³/mol. The third-order valence-electron chi connectivity index (χ3n) is 1.86. The van der Waals surface area contributed by atoms with Gasteiger partial charge in [0, 0.05) is 21.7 Å². The number of unbranched alkanes of at least 4 members (excludes halogenated alkanes) is 1. The van der Waals surface area contributed by atoms with Gasteiger partial charge in [-0.3, -0.25) is 0 Å². The topological polar surface area (TPSA) is 0 Å². The SMILES string of the molecule is CCCCC1=[C-]C(C)=CC1.[Ti]. The monoisotopic (exact) mass is 183 g/mol. The summed E-state index contributed by atoms with van der Waals surface area (Å²) in [5.74, 6) is 0. The molecule has 0 aromatic rings. The Hall–Kier alpha value is 0.194. The van der Waals surface area contributed by atoms with Crippen LogP contribution in [-0.4, -0.2) is 0 Å². The van der Waals surface area contributed by atoms with Crippen molar-refractivity contribution in [3.63, 3.8) is 0 Å². The van der Waals surface area contributed by atoms with E-state index >= 15 is 0 Å². The maximum absolute atomic E-state index is 3.37. The fourth-order valence-electron chi connectivity index (χ4n) is 1.21. The molecule has 0 unspecified atom stereocenters. The molecule has 0 saturated carbocycles. The van der Waals surface area contributed by atoms with E-state index in [2.05, 4.69) is 26.0 Å². The van der Waals surface area contributed by atoms with Crippen LogP contribution in [0.4, 0.5) is 0 Å². The number of rotatable bonds is 3. The van der Waals surface area contributed by atoms with E-state index in [0.29, 0.717) is 0 Å². The maximum atomic E-state index is 3.37. The first-order valence-corrected chi connectivity index (χ1v) is 4.11. The summed E-state index contributed by atoms with van der Waals surface area (Å²) in [6.07, 6.45) is 10.7. The molecule has 1 aliphatic rings. The molecule has 60 valence electrons. The third kappa shape index (κ3) is 3.93. The van der Waals surface area contributed by atoms with E-state index in [0.717, 1.165) is 6.42 Å². The van der Waals surface area contributed by atoms with Crippen molar-refractivity contribution in [3.05, 3.63) is 23.3 Å². The van der Waals surface area contributed by atoms with Gasteiger partial charge in [-0.2, -0.15) is 5.57 Å². The fraction of sp³-hybridized carbons (Fsp3) is 0.600. The Morgan fingerprint density at radius 1 is 1.55 bits per heavy atom. The molecule has 1 aliphatic carbocycles. The molecule has 1 rings (SSSR count). The minimum Gasteiger partial charge on any atom is -0.250 e. The molecule has 0 aromatic carbocycles. The molecule has 0 saturated heterocycles. The first-order valence-electron chi connectivity index (χ1n) is 4.11. The van der Waals surface area contributed by atoms with Crippen molar-refractivity contribution in [2.45, 2.75) is 39.5 Å². The molecule has 0 fully saturated rings. The van der Waals surface area contributed by atoms with Gasteiger partial charge in [-0.15, -0.1) is 0 Å². The zero-order valence-electron chi connectivity index (χ0n) is 7.41. The van der Waals surface area contributed by atoms with Gasteiger partial charge in [0.15, 0.2) is 0 Å². The molecular weight excluding hydrogens is 168 g/mol. The van der Waals surface area contributed by atoms with Crippen molar-refractivity contribution in [1.29, 1.82) is 0 Å². The third-order valence-corrected chi connectivity index (χ3v) is 1.86. The van der Waals surface area contributed by atoms with Crippen LogP contribution < -0.4 is 0 Å². The van der Waals surface area contributed by atoms with Crippen molar-refractivity contribution in [2.24, 2.45) is 0 Å². The summed E-state index contributed by atoms with van der Waals surface area (Å²) in [6.45, 7) is 4.36. The quantitative estimate of drug-likeness (QED) is 0.465. The van der Waals surface area contributed by atoms with Gasteiger partial charge < -0.3 is 0 Å². The van der Waals surface area contributed by atoms with Crippen LogP contribution in [0.25, 0.3) is 0 Å². The number of hydrogen-bond acceptors (Lipinski definition) is 0. The molecule has 0 radical (unpaired) electrons. The summed E-state index contributed by atoms with van der Waals surface area (Å²) in [7, 11) is 0. The van der Waals surface area contributed by atoms with Crippen LogP contribution in [-0.2, 0) is 21.7 Å². The molecule has 0 nitrogen and oxygen atoms in total. The van der Waals surface area contributed by atoms with Crippen LogP contribution in [0.1, 0.15) is 39.5 Å². The van der Waals surface area contributed by atoms with Crippen LogP contribution in [0, 0.1) is 6.08 Å². The second kappa shape index (κ2) is 5.80. The van der Waals surface area contributed by atoms with Crippen LogP contribution in [0.3, 0.4) is 0 Å². The van der Waals surface area contributed by atoms with Crippen LogP contribution in [0.2, 0.25) is 0 Å². The van der Waals surface area contributed by atoms with Gasteiger partial charge in [-0.25, -0.2) is 17.7 Å². The van der Waals surface area contributed by atoms with Gasteiger partial charge in [0.2, 0.25) is 0 Å². The average Bonchev–Trinajstić information content (AvgIpc) is 2.31. The molecular formula is C10H15Ti-. The Kier molecular flexibility index (Phi) is 5.90. The summed E-state index contributed by atoms with van der Waals surface area (Å²) in [5.41, 5.74) is 2.82. The molecule has 0 bridgehead atoms. The largest absolute Gasteiger partial charge is 0.250 e. The van der Waals surface area contributed by atoms with Crippen LogP contribution in [0.15, 0.2) is 17.2 Å². The molecule has 0 heterocycles. The van der Waals surface area contributed by atoms with Crippen LogP contribution >= 0.6 is 0 Å². The van der Waals surface area contributed by atoms with Crippen LogP contribution in [0.5, 0.6) is 0 Å². The van der Waals surface area contributed by atoms with Gasteiger partial charge in [-0.1, -0.05) is 39.5 Å². The smallest absolute Gasteiger partial charge is 0 e. The summed E-state index contributed by atoms with van der Waals surface area (Å²) < 4.78 is 0. The van der Waals surface area contributed by atoms with Crippen molar-refractivity contribution in [2.75, 3.05) is 0 Å². The van der Waals surface area contributed by atoms with Gasteiger partial charge in [0.05, 0.1) is 0 Å². The Morgan fingerprint density at radius 3 is 2.73 bits per heavy atom. The summed E-state index contributed by atoms with van der Waals surface area (Å²) in [4.78, 5) is 0. The van der Waals surface area contributed by atoms with Crippen molar-refractivity contribution in [1.82, 2.24) is 0 Å². The summed E-state index contributed by atoms with van der Waals surface area (Å²) in [6, 6.07) is 0. The Morgan fingerprint density at radius 2 is 2.27 bits per heavy atom. The van der Waals surface area contributed by atoms with Gasteiger partial charge >= 0.3 is 0 Å². The summed E-state index contributed by atoms with van der Waals surface area (Å²) in [5, 5.41) is 0. The first-order chi connectivity index (χ1) is 4.83. The number of allylic oxidation sites excluding steroid dienone is 4. The van der Waals surface area contributed by atoms with Crippen molar-refractivity contribution in [3.8, 4) is 0 Å². The zero-order chi connectivity index (χ0) is 7.40. The normalized spacial score (nSPS) is 15.5. The molecule has 0 atom stereocenters. The minimum absolute atomic E-state index is 0. The Bertz CT molecular complexity index is 166. The van der Waals surface area contributed by atoms with E-state index < -0.39 is 0 Å². The molecule has 0 aliphatic heterocycles. The van der Waals surface area contributed by atoms with E-state index in [1.807, 2.05) is 0 Å². The van der Waals surface area contributed by atoms with Crippen molar-refractivity contribution < 1.29 is 21.7 Å². The van der Waals surface area contributed by atoms with E-state index in [1.165, 1.54) is 30.4 Å².